The number of carbonyl (C=O) groups excluding carboxylic acids is 1. The van der Waals surface area contributed by atoms with Crippen molar-refractivity contribution in [2.24, 2.45) is 11.7 Å². The Morgan fingerprint density at radius 3 is 2.72 bits per heavy atom. The van der Waals surface area contributed by atoms with E-state index in [2.05, 4.69) is 49.8 Å². The molecule has 4 rings (SSSR count). The summed E-state index contributed by atoms with van der Waals surface area (Å²) in [4.78, 5) is 16.4. The van der Waals surface area contributed by atoms with E-state index in [1.807, 2.05) is 10.9 Å². The summed E-state index contributed by atoms with van der Waals surface area (Å²) >= 11 is 0. The van der Waals surface area contributed by atoms with Crippen molar-refractivity contribution in [2.75, 3.05) is 44.5 Å². The Hall–Kier alpha value is -3.64. The summed E-state index contributed by atoms with van der Waals surface area (Å²) in [6, 6.07) is 5.44. The van der Waals surface area contributed by atoms with Crippen molar-refractivity contribution in [3.63, 3.8) is 0 Å². The van der Waals surface area contributed by atoms with Gasteiger partial charge in [-0.15, -0.1) is 10.2 Å². The number of anilines is 3. The number of primary amides is 1. The SMILES string of the molecule is CN(C)CN1CCC(Cn2cc(Nc3cc(NCc4cccc(F)c4F)c(C(N)=O)nn3)cn2)CC1. The molecule has 1 amide bonds. The zero-order valence-corrected chi connectivity index (χ0v) is 20.4. The number of hydrogen-bond donors (Lipinski definition) is 3. The van der Waals surface area contributed by atoms with Crippen LogP contribution in [0.1, 0.15) is 28.9 Å². The zero-order valence-electron chi connectivity index (χ0n) is 20.4. The minimum Gasteiger partial charge on any atom is -0.379 e. The number of halogens is 2. The van der Waals surface area contributed by atoms with Gasteiger partial charge in [-0.25, -0.2) is 8.78 Å². The fourth-order valence-electron chi connectivity index (χ4n) is 4.30. The van der Waals surface area contributed by atoms with Crippen LogP contribution in [0.25, 0.3) is 0 Å². The molecule has 36 heavy (non-hydrogen) atoms. The second-order valence-corrected chi connectivity index (χ2v) is 9.28. The normalized spacial score (nSPS) is 14.8. The van der Waals surface area contributed by atoms with E-state index in [-0.39, 0.29) is 23.5 Å². The number of aromatic nitrogens is 4. The highest BCUT2D eigenvalue weighted by Crippen LogP contribution is 2.23. The maximum absolute atomic E-state index is 14.0. The van der Waals surface area contributed by atoms with Gasteiger partial charge in [0, 0.05) is 30.9 Å². The van der Waals surface area contributed by atoms with Crippen LogP contribution < -0.4 is 16.4 Å². The van der Waals surface area contributed by atoms with Gasteiger partial charge in [-0.05, 0) is 52.0 Å². The van der Waals surface area contributed by atoms with E-state index in [1.165, 1.54) is 12.1 Å². The first-order valence-corrected chi connectivity index (χ1v) is 11.8. The van der Waals surface area contributed by atoms with Crippen LogP contribution in [0, 0.1) is 17.6 Å². The van der Waals surface area contributed by atoms with Gasteiger partial charge in [0.05, 0.1) is 24.2 Å². The van der Waals surface area contributed by atoms with Crippen LogP contribution in [0.5, 0.6) is 0 Å². The number of benzene rings is 1. The highest BCUT2D eigenvalue weighted by Gasteiger charge is 2.20. The summed E-state index contributed by atoms with van der Waals surface area (Å²) in [6.07, 6.45) is 5.83. The molecule has 0 radical (unpaired) electrons. The Balaban J connectivity index is 1.38. The number of amides is 1. The molecule has 1 saturated heterocycles. The van der Waals surface area contributed by atoms with E-state index < -0.39 is 17.5 Å². The second-order valence-electron chi connectivity index (χ2n) is 9.28. The highest BCUT2D eigenvalue weighted by molar-refractivity contribution is 5.96. The van der Waals surface area contributed by atoms with Crippen LogP contribution in [-0.2, 0) is 13.1 Å². The largest absolute Gasteiger partial charge is 0.379 e. The van der Waals surface area contributed by atoms with Crippen molar-refractivity contribution < 1.29 is 13.6 Å². The lowest BCUT2D eigenvalue weighted by Gasteiger charge is -2.33. The van der Waals surface area contributed by atoms with Crippen LogP contribution in [0.3, 0.4) is 0 Å². The third-order valence-electron chi connectivity index (χ3n) is 6.07. The van der Waals surface area contributed by atoms with Crippen molar-refractivity contribution in [3.8, 4) is 0 Å². The van der Waals surface area contributed by atoms with Crippen LogP contribution in [0.15, 0.2) is 36.7 Å². The minimum absolute atomic E-state index is 0.0691. The van der Waals surface area contributed by atoms with E-state index in [1.54, 1.807) is 12.3 Å². The van der Waals surface area contributed by atoms with Gasteiger partial charge in [0.25, 0.3) is 5.91 Å². The summed E-state index contributed by atoms with van der Waals surface area (Å²) in [5, 5.41) is 18.4. The molecule has 0 unspecified atom stereocenters. The fraction of sp³-hybridized carbons (Fsp3) is 0.417. The molecule has 1 aliphatic heterocycles. The monoisotopic (exact) mass is 499 g/mol. The van der Waals surface area contributed by atoms with E-state index in [9.17, 15) is 13.6 Å². The predicted octanol–water partition coefficient (Wildman–Crippen LogP) is 2.64. The second kappa shape index (κ2) is 11.4. The Morgan fingerprint density at radius 2 is 2.00 bits per heavy atom. The molecule has 1 aliphatic rings. The summed E-state index contributed by atoms with van der Waals surface area (Å²) in [6.45, 7) is 3.89. The maximum Gasteiger partial charge on any atom is 0.271 e. The molecule has 0 spiro atoms. The molecular weight excluding hydrogens is 468 g/mol. The summed E-state index contributed by atoms with van der Waals surface area (Å²) in [7, 11) is 4.17. The number of nitrogens with two attached hydrogens (primary N) is 1. The molecule has 192 valence electrons. The number of hydrogen-bond acceptors (Lipinski definition) is 8. The molecule has 10 nitrogen and oxygen atoms in total. The van der Waals surface area contributed by atoms with Gasteiger partial charge in [-0.2, -0.15) is 5.10 Å². The van der Waals surface area contributed by atoms with Crippen molar-refractivity contribution in [2.45, 2.75) is 25.9 Å². The van der Waals surface area contributed by atoms with Gasteiger partial charge in [-0.1, -0.05) is 12.1 Å². The molecule has 3 heterocycles. The fourth-order valence-corrected chi connectivity index (χ4v) is 4.30. The highest BCUT2D eigenvalue weighted by atomic mass is 19.2. The van der Waals surface area contributed by atoms with E-state index in [4.69, 9.17) is 5.73 Å². The molecule has 12 heteroatoms. The molecule has 1 aromatic carbocycles. The third kappa shape index (κ3) is 6.52. The quantitative estimate of drug-likeness (QED) is 0.390. The van der Waals surface area contributed by atoms with Crippen LogP contribution in [0.2, 0.25) is 0 Å². The van der Waals surface area contributed by atoms with Gasteiger partial charge in [-0.3, -0.25) is 19.3 Å². The first-order valence-electron chi connectivity index (χ1n) is 11.8. The maximum atomic E-state index is 14.0. The summed E-state index contributed by atoms with van der Waals surface area (Å²) in [5.41, 5.74) is 6.37. The first-order chi connectivity index (χ1) is 17.3. The zero-order chi connectivity index (χ0) is 25.7. The number of rotatable bonds is 10. The van der Waals surface area contributed by atoms with E-state index in [0.717, 1.165) is 45.2 Å². The van der Waals surface area contributed by atoms with Crippen molar-refractivity contribution in [1.29, 1.82) is 0 Å². The van der Waals surface area contributed by atoms with Crippen molar-refractivity contribution in [3.05, 3.63) is 59.6 Å². The van der Waals surface area contributed by atoms with Gasteiger partial charge in [0.1, 0.15) is 0 Å². The Kier molecular flexibility index (Phi) is 8.06. The van der Waals surface area contributed by atoms with E-state index >= 15 is 0 Å². The third-order valence-corrected chi connectivity index (χ3v) is 6.07. The molecular formula is C24H31F2N9O. The Bertz CT molecular complexity index is 1190. The molecule has 0 aliphatic carbocycles. The summed E-state index contributed by atoms with van der Waals surface area (Å²) in [5.74, 6) is -1.79. The lowest BCUT2D eigenvalue weighted by molar-refractivity contribution is 0.0995. The van der Waals surface area contributed by atoms with Crippen molar-refractivity contribution >= 4 is 23.1 Å². The number of nitrogens with one attached hydrogen (secondary N) is 2. The Labute approximate surface area is 208 Å². The van der Waals surface area contributed by atoms with Crippen LogP contribution in [0.4, 0.5) is 26.0 Å². The molecule has 0 bridgehead atoms. The topological polar surface area (TPSA) is 117 Å². The lowest BCUT2D eigenvalue weighted by Crippen LogP contribution is -2.40. The van der Waals surface area contributed by atoms with Gasteiger partial charge < -0.3 is 16.4 Å². The molecule has 2 aromatic heterocycles. The van der Waals surface area contributed by atoms with Crippen LogP contribution >= 0.6 is 0 Å². The average molecular weight is 500 g/mol. The first kappa shape index (κ1) is 25.5. The lowest BCUT2D eigenvalue weighted by atomic mass is 9.97. The smallest absolute Gasteiger partial charge is 0.271 e. The van der Waals surface area contributed by atoms with Crippen molar-refractivity contribution in [1.82, 2.24) is 29.8 Å². The Morgan fingerprint density at radius 1 is 1.22 bits per heavy atom. The molecule has 4 N–H and O–H groups in total. The average Bonchev–Trinajstić information content (AvgIpc) is 3.27. The van der Waals surface area contributed by atoms with Crippen LogP contribution in [-0.4, -0.2) is 69.5 Å². The molecule has 1 fully saturated rings. The number of piperidine rings is 1. The number of carbonyl (C=O) groups is 1. The molecule has 3 aromatic rings. The van der Waals surface area contributed by atoms with Gasteiger partial charge in [0.15, 0.2) is 23.1 Å². The predicted molar refractivity (Wildman–Crippen MR) is 133 cm³/mol. The van der Waals surface area contributed by atoms with Gasteiger partial charge >= 0.3 is 0 Å². The standard InChI is InChI=1S/C24H31F2N9O/c1-33(2)15-34-8-6-16(7-9-34)13-35-14-18(12-29-35)30-21-10-20(23(24(27)36)32-31-21)28-11-17-4-3-5-19(25)22(17)26/h3-5,10,12,14,16H,6-9,11,13,15H2,1-2H3,(H2,27,36)(H2,28,30,31). The van der Waals surface area contributed by atoms with Gasteiger partial charge in [0.2, 0.25) is 0 Å². The molecule has 0 atom stereocenters. The summed E-state index contributed by atoms with van der Waals surface area (Å²) < 4.78 is 29.4. The number of likely N-dealkylation sites (tertiary alicyclic amines) is 1. The minimum atomic E-state index is -0.957. The number of nitrogens with zero attached hydrogens (tertiary/aromatic N) is 6. The van der Waals surface area contributed by atoms with E-state index in [0.29, 0.717) is 17.4 Å². The molecule has 0 saturated carbocycles.